The van der Waals surface area contributed by atoms with Gasteiger partial charge in [0.1, 0.15) is 5.54 Å². The molecule has 0 spiro atoms. The van der Waals surface area contributed by atoms with E-state index in [9.17, 15) is 24.5 Å². The summed E-state index contributed by atoms with van der Waals surface area (Å²) in [5.41, 5.74) is -0.677. The van der Waals surface area contributed by atoms with Crippen molar-refractivity contribution in [2.24, 2.45) is 0 Å². The fourth-order valence-corrected chi connectivity index (χ4v) is 4.42. The predicted molar refractivity (Wildman–Crippen MR) is 117 cm³/mol. The lowest BCUT2D eigenvalue weighted by atomic mass is 9.74. The number of hydrogen-bond donors (Lipinski definition) is 0. The molecule has 32 heavy (non-hydrogen) atoms. The van der Waals surface area contributed by atoms with E-state index >= 15 is 0 Å². The van der Waals surface area contributed by atoms with Crippen LogP contribution in [0.5, 0.6) is 0 Å². The third kappa shape index (κ3) is 4.65. The molecular weight excluding hydrogens is 436 g/mol. The summed E-state index contributed by atoms with van der Waals surface area (Å²) in [4.78, 5) is 50.1. The Labute approximate surface area is 190 Å². The molecule has 1 aliphatic carbocycles. The van der Waals surface area contributed by atoms with Crippen LogP contribution >= 0.6 is 11.6 Å². The SMILES string of the molecule is CN(C(=O)COC(=O)Cc1ccccc1[N+](=O)[O-])C1(c2ccccc2Cl)CCCCC1=O. The molecule has 0 aliphatic heterocycles. The highest BCUT2D eigenvalue weighted by Gasteiger charge is 2.48. The summed E-state index contributed by atoms with van der Waals surface area (Å²) in [6.07, 6.45) is 1.87. The maximum atomic E-state index is 13.1. The smallest absolute Gasteiger partial charge is 0.311 e. The van der Waals surface area contributed by atoms with Crippen molar-refractivity contribution in [2.75, 3.05) is 13.7 Å². The first-order valence-electron chi connectivity index (χ1n) is 10.2. The second kappa shape index (κ2) is 9.91. The van der Waals surface area contributed by atoms with Crippen LogP contribution in [0.25, 0.3) is 0 Å². The highest BCUT2D eigenvalue weighted by atomic mass is 35.5. The van der Waals surface area contributed by atoms with Crippen LogP contribution in [0.2, 0.25) is 5.02 Å². The molecule has 2 aromatic carbocycles. The molecule has 9 heteroatoms. The van der Waals surface area contributed by atoms with Gasteiger partial charge in [-0.2, -0.15) is 0 Å². The lowest BCUT2D eigenvalue weighted by molar-refractivity contribution is -0.385. The van der Waals surface area contributed by atoms with Crippen molar-refractivity contribution in [1.82, 2.24) is 4.90 Å². The molecule has 0 saturated heterocycles. The fourth-order valence-electron chi connectivity index (χ4n) is 4.13. The average molecular weight is 459 g/mol. The van der Waals surface area contributed by atoms with Gasteiger partial charge in [0, 0.05) is 35.7 Å². The number of para-hydroxylation sites is 1. The number of halogens is 1. The molecule has 0 aromatic heterocycles. The van der Waals surface area contributed by atoms with Gasteiger partial charge in [0.25, 0.3) is 11.6 Å². The first kappa shape index (κ1) is 23.4. The van der Waals surface area contributed by atoms with Crippen molar-refractivity contribution < 1.29 is 24.0 Å². The number of Topliss-reactive ketones (excluding diaryl/α,β-unsaturated/α-hetero) is 1. The zero-order valence-corrected chi connectivity index (χ0v) is 18.3. The van der Waals surface area contributed by atoms with E-state index in [-0.39, 0.29) is 23.5 Å². The van der Waals surface area contributed by atoms with Crippen LogP contribution in [-0.4, -0.2) is 41.1 Å². The molecule has 1 atom stereocenters. The van der Waals surface area contributed by atoms with E-state index in [2.05, 4.69) is 0 Å². The molecule has 2 aromatic rings. The number of carbonyl (C=O) groups excluding carboxylic acids is 3. The first-order valence-corrected chi connectivity index (χ1v) is 10.6. The van der Waals surface area contributed by atoms with Gasteiger partial charge in [-0.25, -0.2) is 0 Å². The molecule has 0 radical (unpaired) electrons. The van der Waals surface area contributed by atoms with Crippen molar-refractivity contribution in [3.05, 3.63) is 74.8 Å². The molecular formula is C23H23ClN2O6. The number of ketones is 1. The third-order valence-electron chi connectivity index (χ3n) is 5.80. The molecule has 1 saturated carbocycles. The Kier molecular flexibility index (Phi) is 7.25. The van der Waals surface area contributed by atoms with E-state index < -0.39 is 28.9 Å². The van der Waals surface area contributed by atoms with Crippen LogP contribution in [0, 0.1) is 10.1 Å². The summed E-state index contributed by atoms with van der Waals surface area (Å²) in [6, 6.07) is 12.7. The zero-order chi connectivity index (χ0) is 23.3. The molecule has 0 bridgehead atoms. The number of amides is 1. The van der Waals surface area contributed by atoms with Crippen LogP contribution in [-0.2, 0) is 31.1 Å². The Morgan fingerprint density at radius 2 is 1.84 bits per heavy atom. The maximum absolute atomic E-state index is 13.1. The largest absolute Gasteiger partial charge is 0.455 e. The lowest BCUT2D eigenvalue weighted by Crippen LogP contribution is -2.55. The number of ether oxygens (including phenoxy) is 1. The monoisotopic (exact) mass is 458 g/mol. The van der Waals surface area contributed by atoms with E-state index in [0.29, 0.717) is 23.4 Å². The van der Waals surface area contributed by atoms with E-state index in [1.807, 2.05) is 0 Å². The lowest BCUT2D eigenvalue weighted by Gasteiger charge is -2.43. The van der Waals surface area contributed by atoms with Crippen molar-refractivity contribution in [1.29, 1.82) is 0 Å². The van der Waals surface area contributed by atoms with Gasteiger partial charge in [0.15, 0.2) is 12.4 Å². The van der Waals surface area contributed by atoms with E-state index in [1.165, 1.54) is 30.1 Å². The Morgan fingerprint density at radius 1 is 1.16 bits per heavy atom. The average Bonchev–Trinajstić information content (AvgIpc) is 2.78. The van der Waals surface area contributed by atoms with E-state index in [4.69, 9.17) is 16.3 Å². The van der Waals surface area contributed by atoms with Crippen molar-refractivity contribution in [3.63, 3.8) is 0 Å². The summed E-state index contributed by atoms with van der Waals surface area (Å²) in [7, 11) is 1.50. The Balaban J connectivity index is 1.75. The van der Waals surface area contributed by atoms with Gasteiger partial charge in [-0.3, -0.25) is 24.5 Å². The zero-order valence-electron chi connectivity index (χ0n) is 17.6. The predicted octanol–water partition coefficient (Wildman–Crippen LogP) is 3.83. The molecule has 168 valence electrons. The van der Waals surface area contributed by atoms with Gasteiger partial charge >= 0.3 is 5.97 Å². The Morgan fingerprint density at radius 3 is 2.53 bits per heavy atom. The van der Waals surface area contributed by atoms with Crippen LogP contribution in [0.1, 0.15) is 36.8 Å². The van der Waals surface area contributed by atoms with Gasteiger partial charge in [-0.15, -0.1) is 0 Å². The maximum Gasteiger partial charge on any atom is 0.311 e. The first-order chi connectivity index (χ1) is 15.3. The van der Waals surface area contributed by atoms with E-state index in [0.717, 1.165) is 12.8 Å². The van der Waals surface area contributed by atoms with Crippen molar-refractivity contribution in [2.45, 2.75) is 37.6 Å². The number of esters is 1. The summed E-state index contributed by atoms with van der Waals surface area (Å²) < 4.78 is 5.10. The van der Waals surface area contributed by atoms with Crippen molar-refractivity contribution in [3.8, 4) is 0 Å². The molecule has 3 rings (SSSR count). The summed E-state index contributed by atoms with van der Waals surface area (Å²) >= 11 is 6.39. The number of nitrogens with zero attached hydrogens (tertiary/aromatic N) is 2. The second-order valence-corrected chi connectivity index (χ2v) is 8.05. The number of hydrogen-bond acceptors (Lipinski definition) is 6. The number of carbonyl (C=O) groups is 3. The highest BCUT2D eigenvalue weighted by molar-refractivity contribution is 6.31. The van der Waals surface area contributed by atoms with E-state index in [1.54, 1.807) is 30.3 Å². The minimum absolute atomic E-state index is 0.112. The van der Waals surface area contributed by atoms with Gasteiger partial charge in [0.05, 0.1) is 11.3 Å². The molecule has 1 amide bonds. The van der Waals surface area contributed by atoms with Crippen LogP contribution in [0.3, 0.4) is 0 Å². The van der Waals surface area contributed by atoms with Crippen LogP contribution in [0.4, 0.5) is 5.69 Å². The van der Waals surface area contributed by atoms with Crippen molar-refractivity contribution >= 4 is 34.9 Å². The number of nitro benzene ring substituents is 1. The molecule has 0 N–H and O–H groups in total. The molecule has 8 nitrogen and oxygen atoms in total. The minimum atomic E-state index is -1.22. The van der Waals surface area contributed by atoms with Gasteiger partial charge in [0.2, 0.25) is 0 Å². The summed E-state index contributed by atoms with van der Waals surface area (Å²) in [5, 5.41) is 11.5. The molecule has 0 heterocycles. The number of likely N-dealkylation sites (N-methyl/N-ethyl adjacent to an activating group) is 1. The third-order valence-corrected chi connectivity index (χ3v) is 6.13. The molecule has 1 unspecified atom stereocenters. The normalized spacial score (nSPS) is 18.1. The summed E-state index contributed by atoms with van der Waals surface area (Å²) in [5.74, 6) is -1.45. The Bertz CT molecular complexity index is 1060. The number of rotatable bonds is 7. The standard InChI is InChI=1S/C23H23ClN2O6/c1-25(23(13-7-6-12-20(23)27)17-9-3-4-10-18(17)24)21(28)15-32-22(29)14-16-8-2-5-11-19(16)26(30)31/h2-5,8-11H,6-7,12-15H2,1H3. The van der Waals surface area contributed by atoms with Gasteiger partial charge in [-0.1, -0.05) is 48.0 Å². The second-order valence-electron chi connectivity index (χ2n) is 7.65. The van der Waals surface area contributed by atoms with Gasteiger partial charge < -0.3 is 9.64 Å². The number of benzene rings is 2. The van der Waals surface area contributed by atoms with Crippen LogP contribution < -0.4 is 0 Å². The number of nitro groups is 1. The topological polar surface area (TPSA) is 107 Å². The Hall–Kier alpha value is -3.26. The fraction of sp³-hybridized carbons (Fsp3) is 0.348. The van der Waals surface area contributed by atoms with Gasteiger partial charge in [-0.05, 0) is 25.3 Å². The van der Waals surface area contributed by atoms with Crippen LogP contribution in [0.15, 0.2) is 48.5 Å². The minimum Gasteiger partial charge on any atom is -0.455 e. The highest BCUT2D eigenvalue weighted by Crippen LogP contribution is 2.42. The summed E-state index contributed by atoms with van der Waals surface area (Å²) in [6.45, 7) is -0.588. The molecule has 1 aliphatic rings. The quantitative estimate of drug-likeness (QED) is 0.354. The molecule has 1 fully saturated rings.